The number of benzene rings is 2. The van der Waals surface area contributed by atoms with Crippen LogP contribution < -0.4 is 20.1 Å². The van der Waals surface area contributed by atoms with Crippen molar-refractivity contribution in [3.63, 3.8) is 0 Å². The van der Waals surface area contributed by atoms with E-state index in [4.69, 9.17) is 9.47 Å². The molecular formula is C21H22N2O5. The third kappa shape index (κ3) is 3.94. The van der Waals surface area contributed by atoms with E-state index >= 15 is 0 Å². The van der Waals surface area contributed by atoms with E-state index in [1.54, 1.807) is 0 Å². The minimum absolute atomic E-state index is 0.000433. The molecule has 0 atom stereocenters. The molecule has 0 fully saturated rings. The second-order valence-electron chi connectivity index (χ2n) is 6.94. The lowest BCUT2D eigenvalue weighted by Crippen LogP contribution is -2.27. The number of nitrogens with one attached hydrogen (secondary N) is 2. The minimum Gasteiger partial charge on any atom is -0.490 e. The van der Waals surface area contributed by atoms with Gasteiger partial charge in [-0.2, -0.15) is 0 Å². The molecule has 4 rings (SSSR count). The van der Waals surface area contributed by atoms with Crippen molar-refractivity contribution in [1.82, 2.24) is 0 Å². The van der Waals surface area contributed by atoms with Crippen molar-refractivity contribution >= 4 is 23.2 Å². The number of rotatable bonds is 6. The van der Waals surface area contributed by atoms with Gasteiger partial charge in [0.2, 0.25) is 11.8 Å². The highest BCUT2D eigenvalue weighted by atomic mass is 16.5. The Morgan fingerprint density at radius 2 is 1.25 bits per heavy atom. The zero-order valence-electron chi connectivity index (χ0n) is 15.4. The highest BCUT2D eigenvalue weighted by Gasteiger charge is 2.20. The van der Waals surface area contributed by atoms with E-state index < -0.39 is 6.10 Å². The predicted octanol–water partition coefficient (Wildman–Crippen LogP) is 2.27. The molecule has 0 aliphatic carbocycles. The Hall–Kier alpha value is -3.06. The molecule has 2 aliphatic heterocycles. The van der Waals surface area contributed by atoms with Crippen molar-refractivity contribution in [3.05, 3.63) is 47.5 Å². The standard InChI is InChI=1S/C21H22N2O5/c24-13(11-27-18-5-1-3-16-14(18)7-9-20(25)22-16)12-28-19-6-2-4-17-15(19)8-10-21(26)23-17/h1-6,13,24H,7-12H2,(H,22,25)(H,23,26). The number of hydrogen-bond donors (Lipinski definition) is 3. The molecule has 146 valence electrons. The highest BCUT2D eigenvalue weighted by molar-refractivity contribution is 5.95. The van der Waals surface area contributed by atoms with Crippen LogP contribution in [0.1, 0.15) is 24.0 Å². The first-order chi connectivity index (χ1) is 13.6. The first-order valence-corrected chi connectivity index (χ1v) is 9.37. The van der Waals surface area contributed by atoms with Crippen LogP contribution in [0, 0.1) is 0 Å². The second kappa shape index (κ2) is 7.90. The molecule has 0 bridgehead atoms. The van der Waals surface area contributed by atoms with Gasteiger partial charge in [0.05, 0.1) is 0 Å². The molecule has 7 nitrogen and oxygen atoms in total. The Kier molecular flexibility index (Phi) is 5.16. The summed E-state index contributed by atoms with van der Waals surface area (Å²) in [5.41, 5.74) is 3.42. The summed E-state index contributed by atoms with van der Waals surface area (Å²) in [6.07, 6.45) is 1.27. The number of carbonyl (C=O) groups is 2. The highest BCUT2D eigenvalue weighted by Crippen LogP contribution is 2.32. The Labute approximate surface area is 162 Å². The van der Waals surface area contributed by atoms with Crippen LogP contribution >= 0.6 is 0 Å². The maximum absolute atomic E-state index is 11.5. The molecule has 0 radical (unpaired) electrons. The van der Waals surface area contributed by atoms with Gasteiger partial charge in [-0.25, -0.2) is 0 Å². The molecular weight excluding hydrogens is 360 g/mol. The van der Waals surface area contributed by atoms with Crippen molar-refractivity contribution in [3.8, 4) is 11.5 Å². The van der Waals surface area contributed by atoms with Crippen molar-refractivity contribution in [2.24, 2.45) is 0 Å². The molecule has 0 saturated carbocycles. The average Bonchev–Trinajstić information content (AvgIpc) is 2.70. The number of aliphatic hydroxyl groups excluding tert-OH is 1. The summed E-state index contributed by atoms with van der Waals surface area (Å²) >= 11 is 0. The molecule has 2 aliphatic rings. The van der Waals surface area contributed by atoms with Crippen LogP contribution in [0.3, 0.4) is 0 Å². The fourth-order valence-electron chi connectivity index (χ4n) is 3.47. The Bertz CT molecular complexity index is 838. The largest absolute Gasteiger partial charge is 0.490 e. The summed E-state index contributed by atoms with van der Waals surface area (Å²) in [5.74, 6) is 1.33. The van der Waals surface area contributed by atoms with Crippen LogP contribution in [0.2, 0.25) is 0 Å². The van der Waals surface area contributed by atoms with Crippen LogP contribution in [0.15, 0.2) is 36.4 Å². The van der Waals surface area contributed by atoms with E-state index in [-0.39, 0.29) is 25.0 Å². The molecule has 0 saturated heterocycles. The van der Waals surface area contributed by atoms with E-state index in [0.717, 1.165) is 22.5 Å². The summed E-state index contributed by atoms with van der Waals surface area (Å²) in [5, 5.41) is 15.9. The Morgan fingerprint density at radius 1 is 0.786 bits per heavy atom. The first-order valence-electron chi connectivity index (χ1n) is 9.37. The van der Waals surface area contributed by atoms with Gasteiger partial charge in [0.25, 0.3) is 0 Å². The van der Waals surface area contributed by atoms with Gasteiger partial charge in [-0.1, -0.05) is 12.1 Å². The zero-order chi connectivity index (χ0) is 19.5. The zero-order valence-corrected chi connectivity index (χ0v) is 15.4. The smallest absolute Gasteiger partial charge is 0.224 e. The number of amides is 2. The van der Waals surface area contributed by atoms with Gasteiger partial charge < -0.3 is 25.2 Å². The minimum atomic E-state index is -0.817. The number of ether oxygens (including phenoxy) is 2. The normalized spacial score (nSPS) is 15.4. The Morgan fingerprint density at radius 3 is 1.71 bits per heavy atom. The molecule has 7 heteroatoms. The van der Waals surface area contributed by atoms with Gasteiger partial charge in [-0.3, -0.25) is 9.59 Å². The van der Waals surface area contributed by atoms with Gasteiger partial charge in [0.15, 0.2) is 0 Å². The number of carbonyl (C=O) groups excluding carboxylic acids is 2. The number of fused-ring (bicyclic) bond motifs is 2. The van der Waals surface area contributed by atoms with E-state index in [1.165, 1.54) is 0 Å². The number of aliphatic hydroxyl groups is 1. The van der Waals surface area contributed by atoms with Gasteiger partial charge in [-0.05, 0) is 37.1 Å². The third-order valence-corrected chi connectivity index (χ3v) is 4.88. The van der Waals surface area contributed by atoms with Crippen molar-refractivity contribution < 1.29 is 24.2 Å². The second-order valence-corrected chi connectivity index (χ2v) is 6.94. The molecule has 2 amide bonds. The van der Waals surface area contributed by atoms with Crippen molar-refractivity contribution in [2.45, 2.75) is 31.8 Å². The van der Waals surface area contributed by atoms with Crippen LogP contribution in [0.25, 0.3) is 0 Å². The lowest BCUT2D eigenvalue weighted by molar-refractivity contribution is -0.117. The van der Waals surface area contributed by atoms with E-state index in [9.17, 15) is 14.7 Å². The maximum atomic E-state index is 11.5. The fourth-order valence-corrected chi connectivity index (χ4v) is 3.47. The van der Waals surface area contributed by atoms with E-state index in [1.807, 2.05) is 36.4 Å². The maximum Gasteiger partial charge on any atom is 0.224 e. The summed E-state index contributed by atoms with van der Waals surface area (Å²) in [4.78, 5) is 23.0. The SMILES string of the molecule is O=C1CCc2c(cccc2OCC(O)COc2cccc3c2CCC(=O)N3)N1. The Balaban J connectivity index is 1.35. The average molecular weight is 382 g/mol. The molecule has 0 unspecified atom stereocenters. The quantitative estimate of drug-likeness (QED) is 0.712. The van der Waals surface area contributed by atoms with Crippen molar-refractivity contribution in [1.29, 1.82) is 0 Å². The molecule has 28 heavy (non-hydrogen) atoms. The monoisotopic (exact) mass is 382 g/mol. The molecule has 0 spiro atoms. The van der Waals surface area contributed by atoms with Crippen molar-refractivity contribution in [2.75, 3.05) is 23.8 Å². The number of hydrogen-bond acceptors (Lipinski definition) is 5. The summed E-state index contributed by atoms with van der Waals surface area (Å²) < 4.78 is 11.6. The van der Waals surface area contributed by atoms with E-state index in [0.29, 0.717) is 37.2 Å². The molecule has 2 aromatic rings. The fraction of sp³-hybridized carbons (Fsp3) is 0.333. The van der Waals surface area contributed by atoms with E-state index in [2.05, 4.69) is 10.6 Å². The van der Waals surface area contributed by atoms with Gasteiger partial charge in [0.1, 0.15) is 30.8 Å². The molecule has 3 N–H and O–H groups in total. The van der Waals surface area contributed by atoms with Crippen LogP contribution in [-0.2, 0) is 22.4 Å². The summed E-state index contributed by atoms with van der Waals surface area (Å²) in [6, 6.07) is 11.0. The lowest BCUT2D eigenvalue weighted by atomic mass is 10.0. The number of anilines is 2. The van der Waals surface area contributed by atoms with Crippen LogP contribution in [0.5, 0.6) is 11.5 Å². The summed E-state index contributed by atoms with van der Waals surface area (Å²) in [7, 11) is 0. The lowest BCUT2D eigenvalue weighted by Gasteiger charge is -2.22. The molecule has 2 aromatic carbocycles. The topological polar surface area (TPSA) is 96.9 Å². The molecule has 2 heterocycles. The van der Waals surface area contributed by atoms with Gasteiger partial charge >= 0.3 is 0 Å². The predicted molar refractivity (Wildman–Crippen MR) is 104 cm³/mol. The first kappa shape index (κ1) is 18.3. The third-order valence-electron chi connectivity index (χ3n) is 4.88. The van der Waals surface area contributed by atoms with Gasteiger partial charge in [0, 0.05) is 35.3 Å². The van der Waals surface area contributed by atoms with Gasteiger partial charge in [-0.15, -0.1) is 0 Å². The van der Waals surface area contributed by atoms with Crippen LogP contribution in [-0.4, -0.2) is 36.2 Å². The van der Waals surface area contributed by atoms with Crippen LogP contribution in [0.4, 0.5) is 11.4 Å². The molecule has 0 aromatic heterocycles. The summed E-state index contributed by atoms with van der Waals surface area (Å²) in [6.45, 7) is 0.159.